The van der Waals surface area contributed by atoms with Gasteiger partial charge in [-0.2, -0.15) is 0 Å². The molecule has 0 heterocycles. The predicted octanol–water partition coefficient (Wildman–Crippen LogP) is 4.43. The summed E-state index contributed by atoms with van der Waals surface area (Å²) in [7, 11) is 0. The van der Waals surface area contributed by atoms with Crippen LogP contribution < -0.4 is 0 Å². The second-order valence-corrected chi connectivity index (χ2v) is 6.15. The Labute approximate surface area is 111 Å². The molecule has 0 aliphatic heterocycles. The fraction of sp³-hybridized carbons (Fsp3) is 0.588. The van der Waals surface area contributed by atoms with E-state index in [0.29, 0.717) is 17.6 Å². The third-order valence-electron chi connectivity index (χ3n) is 4.31. The molecule has 0 spiro atoms. The van der Waals surface area contributed by atoms with Gasteiger partial charge in [0.15, 0.2) is 0 Å². The topological polar surface area (TPSA) is 17.1 Å². The fourth-order valence-electron chi connectivity index (χ4n) is 3.44. The van der Waals surface area contributed by atoms with E-state index in [1.807, 2.05) is 18.2 Å². The Morgan fingerprint density at radius 1 is 1.06 bits per heavy atom. The highest BCUT2D eigenvalue weighted by molar-refractivity contribution is 5.87. The molecule has 0 radical (unpaired) electrons. The minimum absolute atomic E-state index is 0.0497. The maximum atomic E-state index is 12.6. The molecule has 3 atom stereocenters. The Bertz CT molecular complexity index is 385. The van der Waals surface area contributed by atoms with E-state index < -0.39 is 0 Å². The molecule has 0 saturated heterocycles. The summed E-state index contributed by atoms with van der Waals surface area (Å²) in [6, 6.07) is 10.2. The first-order valence-electron chi connectivity index (χ1n) is 7.16. The summed E-state index contributed by atoms with van der Waals surface area (Å²) in [4.78, 5) is 12.6. The molecule has 0 amide bonds. The van der Waals surface area contributed by atoms with Crippen LogP contribution in [0.3, 0.4) is 0 Å². The molecule has 0 N–H and O–H groups in total. The molecule has 1 fully saturated rings. The molecule has 1 aromatic carbocycles. The molecule has 3 unspecified atom stereocenters. The van der Waals surface area contributed by atoms with Gasteiger partial charge in [0.2, 0.25) is 0 Å². The first-order chi connectivity index (χ1) is 8.58. The van der Waals surface area contributed by atoms with E-state index in [1.54, 1.807) is 0 Å². The molecular formula is C17H24O. The summed E-state index contributed by atoms with van der Waals surface area (Å²) in [5.74, 6) is 2.17. The van der Waals surface area contributed by atoms with Gasteiger partial charge in [-0.3, -0.25) is 4.79 Å². The number of Topliss-reactive ketones (excluding diaryl/α,β-unsaturated/α-hetero) is 1. The summed E-state index contributed by atoms with van der Waals surface area (Å²) >= 11 is 0. The lowest BCUT2D eigenvalue weighted by Crippen LogP contribution is -2.28. The van der Waals surface area contributed by atoms with Crippen molar-refractivity contribution in [3.63, 3.8) is 0 Å². The highest BCUT2D eigenvalue weighted by Gasteiger charge is 2.31. The molecule has 18 heavy (non-hydrogen) atoms. The van der Waals surface area contributed by atoms with Crippen LogP contribution in [0, 0.1) is 17.8 Å². The maximum absolute atomic E-state index is 12.6. The lowest BCUT2D eigenvalue weighted by atomic mass is 9.72. The highest BCUT2D eigenvalue weighted by atomic mass is 16.1. The van der Waals surface area contributed by atoms with Gasteiger partial charge in [0.1, 0.15) is 5.78 Å². The average molecular weight is 244 g/mol. The summed E-state index contributed by atoms with van der Waals surface area (Å²) in [5, 5.41) is 0. The zero-order valence-electron chi connectivity index (χ0n) is 11.7. The molecular weight excluding hydrogens is 220 g/mol. The van der Waals surface area contributed by atoms with Gasteiger partial charge < -0.3 is 0 Å². The smallest absolute Gasteiger partial charge is 0.143 e. The number of benzene rings is 1. The summed E-state index contributed by atoms with van der Waals surface area (Å²) in [6.45, 7) is 6.62. The lowest BCUT2D eigenvalue weighted by Gasteiger charge is -2.32. The van der Waals surface area contributed by atoms with E-state index in [9.17, 15) is 4.79 Å². The number of rotatable bonds is 3. The molecule has 1 heteroatoms. The van der Waals surface area contributed by atoms with E-state index in [0.717, 1.165) is 18.4 Å². The van der Waals surface area contributed by atoms with E-state index >= 15 is 0 Å². The molecule has 0 bridgehead atoms. The third-order valence-corrected chi connectivity index (χ3v) is 4.31. The van der Waals surface area contributed by atoms with Crippen LogP contribution in [0.15, 0.2) is 30.3 Å². The Morgan fingerprint density at radius 2 is 1.61 bits per heavy atom. The van der Waals surface area contributed by atoms with Crippen molar-refractivity contribution in [3.05, 3.63) is 35.9 Å². The predicted molar refractivity (Wildman–Crippen MR) is 75.5 cm³/mol. The first kappa shape index (κ1) is 13.3. The van der Waals surface area contributed by atoms with Crippen LogP contribution in [0.25, 0.3) is 0 Å². The van der Waals surface area contributed by atoms with Gasteiger partial charge in [0.05, 0.1) is 0 Å². The molecule has 2 rings (SSSR count). The van der Waals surface area contributed by atoms with Crippen LogP contribution in [-0.4, -0.2) is 5.78 Å². The zero-order valence-corrected chi connectivity index (χ0v) is 11.7. The van der Waals surface area contributed by atoms with Crippen molar-refractivity contribution in [2.24, 2.45) is 17.8 Å². The van der Waals surface area contributed by atoms with Gasteiger partial charge in [0.25, 0.3) is 0 Å². The number of carbonyl (C=O) groups excluding carboxylic acids is 1. The molecule has 1 aliphatic carbocycles. The molecule has 98 valence electrons. The minimum atomic E-state index is 0.0497. The number of hydrogen-bond acceptors (Lipinski definition) is 1. The average Bonchev–Trinajstić information content (AvgIpc) is 2.37. The quantitative estimate of drug-likeness (QED) is 0.768. The summed E-state index contributed by atoms with van der Waals surface area (Å²) in [5.41, 5.74) is 1.16. The van der Waals surface area contributed by atoms with Crippen LogP contribution in [0.2, 0.25) is 0 Å². The summed E-state index contributed by atoms with van der Waals surface area (Å²) in [6.07, 6.45) is 3.45. The summed E-state index contributed by atoms with van der Waals surface area (Å²) < 4.78 is 0. The Morgan fingerprint density at radius 3 is 2.17 bits per heavy atom. The minimum Gasteiger partial charge on any atom is -0.299 e. The van der Waals surface area contributed by atoms with E-state index in [2.05, 4.69) is 32.9 Å². The van der Waals surface area contributed by atoms with Crippen molar-refractivity contribution in [3.8, 4) is 0 Å². The van der Waals surface area contributed by atoms with E-state index in [4.69, 9.17) is 0 Å². The third kappa shape index (κ3) is 3.01. The second-order valence-electron chi connectivity index (χ2n) is 6.15. The Balaban J connectivity index is 2.07. The van der Waals surface area contributed by atoms with E-state index in [-0.39, 0.29) is 11.8 Å². The highest BCUT2D eigenvalue weighted by Crippen LogP contribution is 2.36. The van der Waals surface area contributed by atoms with Gasteiger partial charge in [-0.05, 0) is 36.7 Å². The Hall–Kier alpha value is -1.11. The van der Waals surface area contributed by atoms with Gasteiger partial charge >= 0.3 is 0 Å². The first-order valence-corrected chi connectivity index (χ1v) is 7.16. The van der Waals surface area contributed by atoms with Crippen molar-refractivity contribution >= 4 is 5.78 Å². The maximum Gasteiger partial charge on any atom is 0.143 e. The molecule has 1 nitrogen and oxygen atoms in total. The number of hydrogen-bond donors (Lipinski definition) is 0. The van der Waals surface area contributed by atoms with Crippen molar-refractivity contribution in [1.29, 1.82) is 0 Å². The van der Waals surface area contributed by atoms with Gasteiger partial charge in [0, 0.05) is 11.8 Å². The zero-order chi connectivity index (χ0) is 13.1. The molecule has 1 saturated carbocycles. The van der Waals surface area contributed by atoms with Crippen LogP contribution in [0.4, 0.5) is 0 Å². The molecule has 0 aromatic heterocycles. The van der Waals surface area contributed by atoms with Crippen molar-refractivity contribution in [2.75, 3.05) is 0 Å². The SMILES string of the molecule is CC1CC(C)CC(C(=O)C(C)c2ccccc2)C1. The largest absolute Gasteiger partial charge is 0.299 e. The standard InChI is InChI=1S/C17H24O/c1-12-9-13(2)11-16(10-12)17(18)14(3)15-7-5-4-6-8-15/h4-8,12-14,16H,9-11H2,1-3H3. The van der Waals surface area contributed by atoms with Gasteiger partial charge in [-0.15, -0.1) is 0 Å². The molecule has 1 aliphatic rings. The van der Waals surface area contributed by atoms with Crippen molar-refractivity contribution < 1.29 is 4.79 Å². The number of carbonyl (C=O) groups is 1. The van der Waals surface area contributed by atoms with Crippen LogP contribution in [-0.2, 0) is 4.79 Å². The monoisotopic (exact) mass is 244 g/mol. The second kappa shape index (κ2) is 5.69. The lowest BCUT2D eigenvalue weighted by molar-refractivity contribution is -0.126. The van der Waals surface area contributed by atoms with Gasteiger partial charge in [-0.25, -0.2) is 0 Å². The molecule has 1 aromatic rings. The van der Waals surface area contributed by atoms with Crippen LogP contribution in [0.1, 0.15) is 51.5 Å². The van der Waals surface area contributed by atoms with E-state index in [1.165, 1.54) is 6.42 Å². The normalized spacial score (nSPS) is 29.8. The van der Waals surface area contributed by atoms with Crippen molar-refractivity contribution in [1.82, 2.24) is 0 Å². The van der Waals surface area contributed by atoms with Crippen LogP contribution >= 0.6 is 0 Å². The van der Waals surface area contributed by atoms with Gasteiger partial charge in [-0.1, -0.05) is 51.1 Å². The fourth-order valence-corrected chi connectivity index (χ4v) is 3.44. The van der Waals surface area contributed by atoms with Crippen molar-refractivity contribution in [2.45, 2.75) is 46.0 Å². The number of ketones is 1. The Kier molecular flexibility index (Phi) is 4.21. The van der Waals surface area contributed by atoms with Crippen LogP contribution in [0.5, 0.6) is 0 Å².